The summed E-state index contributed by atoms with van der Waals surface area (Å²) in [4.78, 5) is 9.84. The van der Waals surface area contributed by atoms with Gasteiger partial charge in [-0.2, -0.15) is 0 Å². The Kier molecular flexibility index (Phi) is 3.20. The van der Waals surface area contributed by atoms with Crippen LogP contribution in [0, 0.1) is 0 Å². The summed E-state index contributed by atoms with van der Waals surface area (Å²) in [6, 6.07) is 0. The number of nitrogens with one attached hydrogen (secondary N) is 1. The van der Waals surface area contributed by atoms with Crippen LogP contribution in [0.1, 0.15) is 0 Å². The number of rotatable bonds is 0. The minimum Gasteiger partial charge on any atom is -0.452 e. The number of hydrogen-bond donors (Lipinski definition) is 1. The Bertz CT molecular complexity index is 49.5. The van der Waals surface area contributed by atoms with Crippen LogP contribution in [0.5, 0.6) is 0 Å². The highest BCUT2D eigenvalue weighted by Crippen LogP contribution is 1.72. The van der Waals surface area contributed by atoms with Crippen molar-refractivity contribution in [2.45, 2.75) is 0 Å². The van der Waals surface area contributed by atoms with Gasteiger partial charge >= 0.3 is 6.09 Å². The summed E-state index contributed by atoms with van der Waals surface area (Å²) in [6.07, 6.45) is -0.421. The summed E-state index contributed by atoms with van der Waals surface area (Å²) in [5.41, 5.74) is 0. The first-order valence-electron chi connectivity index (χ1n) is 1.26. The molecule has 1 amide bonds. The lowest BCUT2D eigenvalue weighted by Crippen LogP contribution is -2.09. The summed E-state index contributed by atoms with van der Waals surface area (Å²) < 4.78 is 6.37. The van der Waals surface area contributed by atoms with Crippen molar-refractivity contribution in [2.75, 3.05) is 7.11 Å². The molecule has 0 aliphatic heterocycles. The van der Waals surface area contributed by atoms with Gasteiger partial charge in [-0.15, -0.1) is 0 Å². The summed E-state index contributed by atoms with van der Waals surface area (Å²) in [5.74, 6) is 0. The van der Waals surface area contributed by atoms with Gasteiger partial charge in [0.1, 0.15) is 0 Å². The van der Waals surface area contributed by atoms with Crippen LogP contribution in [0.2, 0.25) is 0 Å². The SMILES string of the molecule is COC(=O)NI. The molecule has 0 rings (SSSR count). The summed E-state index contributed by atoms with van der Waals surface area (Å²) in [7, 11) is 1.31. The quantitative estimate of drug-likeness (QED) is 0.462. The van der Waals surface area contributed by atoms with E-state index in [2.05, 4.69) is 8.27 Å². The molecule has 0 radical (unpaired) electrons. The van der Waals surface area contributed by atoms with Crippen LogP contribution in [0.25, 0.3) is 0 Å². The normalized spacial score (nSPS) is 7.00. The van der Waals surface area contributed by atoms with Gasteiger partial charge in [0.15, 0.2) is 0 Å². The Morgan fingerprint density at radius 1 is 2.00 bits per heavy atom. The van der Waals surface area contributed by atoms with Gasteiger partial charge in [-0.3, -0.25) is 3.53 Å². The smallest absolute Gasteiger partial charge is 0.415 e. The maximum atomic E-state index is 9.84. The minimum atomic E-state index is -0.421. The van der Waals surface area contributed by atoms with E-state index in [9.17, 15) is 4.79 Å². The first-order chi connectivity index (χ1) is 2.81. The van der Waals surface area contributed by atoms with E-state index in [0.717, 1.165) is 0 Å². The summed E-state index contributed by atoms with van der Waals surface area (Å²) >= 11 is 1.69. The second-order valence-corrected chi connectivity index (χ2v) is 1.13. The van der Waals surface area contributed by atoms with E-state index in [0.29, 0.717) is 0 Å². The summed E-state index contributed by atoms with van der Waals surface area (Å²) in [6.45, 7) is 0. The second kappa shape index (κ2) is 3.20. The largest absolute Gasteiger partial charge is 0.452 e. The average Bonchev–Trinajstić information content (AvgIpc) is 1.65. The van der Waals surface area contributed by atoms with E-state index in [1.54, 1.807) is 22.9 Å². The lowest BCUT2D eigenvalue weighted by molar-refractivity contribution is 0.179. The predicted octanol–water partition coefficient (Wildman–Crippen LogP) is 0.692. The standard InChI is InChI=1S/C2H4INO2/c1-6-2(5)4-3/h1H3,(H,4,5). The first-order valence-corrected chi connectivity index (χ1v) is 2.33. The molecule has 6 heavy (non-hydrogen) atoms. The number of carbonyl (C=O) groups excluding carboxylic acids is 1. The van der Waals surface area contributed by atoms with Gasteiger partial charge < -0.3 is 4.74 Å². The van der Waals surface area contributed by atoms with Crippen LogP contribution in [0.3, 0.4) is 0 Å². The fourth-order valence-electron chi connectivity index (χ4n) is 0.0386. The molecule has 0 aliphatic carbocycles. The van der Waals surface area contributed by atoms with Crippen molar-refractivity contribution in [3.63, 3.8) is 0 Å². The van der Waals surface area contributed by atoms with E-state index in [4.69, 9.17) is 0 Å². The van der Waals surface area contributed by atoms with Crippen LogP contribution < -0.4 is 3.53 Å². The Hall–Kier alpha value is 0. The highest BCUT2D eigenvalue weighted by Gasteiger charge is 1.86. The lowest BCUT2D eigenvalue weighted by atomic mass is 11.3. The molecule has 1 N–H and O–H groups in total. The molecule has 0 aromatic rings. The fraction of sp³-hybridized carbons (Fsp3) is 0.500. The van der Waals surface area contributed by atoms with Crippen molar-refractivity contribution in [2.24, 2.45) is 0 Å². The van der Waals surface area contributed by atoms with Crippen molar-refractivity contribution in [3.05, 3.63) is 0 Å². The average molecular weight is 201 g/mol. The molecule has 0 aliphatic rings. The van der Waals surface area contributed by atoms with Crippen LogP contribution in [-0.2, 0) is 4.74 Å². The zero-order valence-electron chi connectivity index (χ0n) is 3.19. The van der Waals surface area contributed by atoms with E-state index in [-0.39, 0.29) is 0 Å². The molecule has 0 unspecified atom stereocenters. The van der Waals surface area contributed by atoms with Gasteiger partial charge in [-0.05, 0) is 0 Å². The molecule has 0 aromatic heterocycles. The van der Waals surface area contributed by atoms with Crippen LogP contribution >= 0.6 is 22.9 Å². The molecule has 0 saturated heterocycles. The van der Waals surface area contributed by atoms with E-state index in [1.807, 2.05) is 0 Å². The van der Waals surface area contributed by atoms with Gasteiger partial charge in [-0.25, -0.2) is 4.79 Å². The predicted molar refractivity (Wildman–Crippen MR) is 29.6 cm³/mol. The second-order valence-electron chi connectivity index (χ2n) is 0.586. The first kappa shape index (κ1) is 6.00. The molecule has 0 bridgehead atoms. The van der Waals surface area contributed by atoms with Gasteiger partial charge in [-0.1, -0.05) is 0 Å². The van der Waals surface area contributed by atoms with Crippen LogP contribution in [0.4, 0.5) is 4.79 Å². The number of amides is 1. The van der Waals surface area contributed by atoms with E-state index < -0.39 is 6.09 Å². The molecule has 4 heteroatoms. The molecule has 0 heterocycles. The zero-order chi connectivity index (χ0) is 4.99. The van der Waals surface area contributed by atoms with E-state index >= 15 is 0 Å². The molecular formula is C2H4INO2. The fourth-order valence-corrected chi connectivity index (χ4v) is 0.259. The minimum absolute atomic E-state index is 0.421. The molecule has 0 aromatic carbocycles. The Balaban J connectivity index is 2.99. The Morgan fingerprint density at radius 2 is 2.50 bits per heavy atom. The van der Waals surface area contributed by atoms with Crippen molar-refractivity contribution >= 4 is 29.0 Å². The number of carbonyl (C=O) groups is 1. The monoisotopic (exact) mass is 201 g/mol. The molecular weight excluding hydrogens is 197 g/mol. The number of methoxy groups -OCH3 is 1. The summed E-state index contributed by atoms with van der Waals surface area (Å²) in [5, 5.41) is 0. The third-order valence-corrected chi connectivity index (χ3v) is 0.703. The molecule has 0 fully saturated rings. The zero-order valence-corrected chi connectivity index (χ0v) is 5.35. The number of halogens is 1. The Labute approximate surface area is 49.5 Å². The Morgan fingerprint density at radius 3 is 2.50 bits per heavy atom. The third-order valence-electron chi connectivity index (χ3n) is 0.263. The molecule has 0 saturated carbocycles. The highest BCUT2D eigenvalue weighted by atomic mass is 127. The van der Waals surface area contributed by atoms with Gasteiger partial charge in [0.05, 0.1) is 30.0 Å². The van der Waals surface area contributed by atoms with Gasteiger partial charge in [0.25, 0.3) is 0 Å². The lowest BCUT2D eigenvalue weighted by Gasteiger charge is -1.88. The van der Waals surface area contributed by atoms with Gasteiger partial charge in [0.2, 0.25) is 0 Å². The van der Waals surface area contributed by atoms with E-state index in [1.165, 1.54) is 7.11 Å². The molecule has 0 atom stereocenters. The van der Waals surface area contributed by atoms with Crippen molar-refractivity contribution in [1.82, 2.24) is 3.53 Å². The van der Waals surface area contributed by atoms with Gasteiger partial charge in [0, 0.05) is 0 Å². The molecule has 36 valence electrons. The third kappa shape index (κ3) is 2.25. The maximum Gasteiger partial charge on any atom is 0.415 e. The molecule has 0 spiro atoms. The van der Waals surface area contributed by atoms with Crippen molar-refractivity contribution < 1.29 is 9.53 Å². The number of hydrogen-bond acceptors (Lipinski definition) is 2. The van der Waals surface area contributed by atoms with Crippen molar-refractivity contribution in [1.29, 1.82) is 0 Å². The highest BCUT2D eigenvalue weighted by molar-refractivity contribution is 14.1. The number of ether oxygens (including phenoxy) is 1. The molecule has 3 nitrogen and oxygen atoms in total. The van der Waals surface area contributed by atoms with Crippen LogP contribution in [0.15, 0.2) is 0 Å². The maximum absolute atomic E-state index is 9.84. The van der Waals surface area contributed by atoms with Crippen LogP contribution in [-0.4, -0.2) is 13.2 Å². The van der Waals surface area contributed by atoms with Crippen molar-refractivity contribution in [3.8, 4) is 0 Å². The topological polar surface area (TPSA) is 38.3 Å².